The monoisotopic (exact) mass is 429 g/mol. The summed E-state index contributed by atoms with van der Waals surface area (Å²) in [5, 5.41) is 2.98. The molecule has 3 N–H and O–H groups in total. The second kappa shape index (κ2) is 12.4. The smallest absolute Gasteiger partial charge is 0.224 e. The number of aromatic nitrogens is 1. The van der Waals surface area contributed by atoms with E-state index in [-0.39, 0.29) is 48.7 Å². The molecular weight excluding hydrogens is 401 g/mol. The highest BCUT2D eigenvalue weighted by atomic mass is 35.5. The van der Waals surface area contributed by atoms with Gasteiger partial charge in [0.15, 0.2) is 11.5 Å². The van der Waals surface area contributed by atoms with E-state index in [0.717, 1.165) is 11.1 Å². The summed E-state index contributed by atoms with van der Waals surface area (Å²) < 4.78 is 11.3. The molecule has 6 nitrogen and oxygen atoms in total. The van der Waals surface area contributed by atoms with Crippen LogP contribution in [-0.2, 0) is 11.4 Å². The van der Waals surface area contributed by atoms with Crippen LogP contribution >= 0.6 is 24.8 Å². The van der Waals surface area contributed by atoms with Crippen molar-refractivity contribution in [1.82, 2.24) is 10.3 Å². The van der Waals surface area contributed by atoms with Gasteiger partial charge in [0.1, 0.15) is 6.61 Å². The summed E-state index contributed by atoms with van der Waals surface area (Å²) in [6, 6.07) is 9.10. The van der Waals surface area contributed by atoms with E-state index in [4.69, 9.17) is 15.2 Å². The van der Waals surface area contributed by atoms with Crippen molar-refractivity contribution < 1.29 is 14.3 Å². The van der Waals surface area contributed by atoms with E-state index in [1.165, 1.54) is 0 Å². The number of hydrogen-bond acceptors (Lipinski definition) is 5. The normalized spacial score (nSPS) is 13.2. The first-order chi connectivity index (χ1) is 12.4. The topological polar surface area (TPSA) is 86.5 Å². The molecule has 156 valence electrons. The van der Waals surface area contributed by atoms with Gasteiger partial charge in [0.05, 0.1) is 13.2 Å². The zero-order valence-electron chi connectivity index (χ0n) is 16.5. The third-order valence-corrected chi connectivity index (χ3v) is 4.39. The van der Waals surface area contributed by atoms with E-state index in [0.29, 0.717) is 18.1 Å². The molecule has 0 aliphatic heterocycles. The molecule has 2 aromatic rings. The van der Waals surface area contributed by atoms with Gasteiger partial charge in [0.25, 0.3) is 0 Å². The van der Waals surface area contributed by atoms with Crippen LogP contribution in [0.5, 0.6) is 11.5 Å². The number of nitrogens with one attached hydrogen (secondary N) is 1. The molecule has 0 saturated carbocycles. The van der Waals surface area contributed by atoms with Crippen molar-refractivity contribution in [3.8, 4) is 11.5 Å². The highest BCUT2D eigenvalue weighted by Crippen LogP contribution is 2.31. The molecule has 0 aliphatic carbocycles. The van der Waals surface area contributed by atoms with Crippen LogP contribution < -0.4 is 20.5 Å². The second-order valence-electron chi connectivity index (χ2n) is 6.43. The first kappa shape index (κ1) is 26.0. The van der Waals surface area contributed by atoms with Crippen LogP contribution in [0.25, 0.3) is 0 Å². The van der Waals surface area contributed by atoms with Crippen molar-refractivity contribution in [1.29, 1.82) is 0 Å². The Kier molecular flexibility index (Phi) is 11.5. The number of nitrogens with two attached hydrogens (primary N) is 1. The van der Waals surface area contributed by atoms with Gasteiger partial charge in [-0.25, -0.2) is 0 Å². The fraction of sp³-hybridized carbons (Fsp3) is 0.400. The summed E-state index contributed by atoms with van der Waals surface area (Å²) in [4.78, 5) is 16.2. The van der Waals surface area contributed by atoms with E-state index >= 15 is 0 Å². The summed E-state index contributed by atoms with van der Waals surface area (Å²) in [6.07, 6.45) is 3.46. The fourth-order valence-corrected chi connectivity index (χ4v) is 2.38. The fourth-order valence-electron chi connectivity index (χ4n) is 2.38. The van der Waals surface area contributed by atoms with Crippen molar-refractivity contribution in [2.45, 2.75) is 39.5 Å². The van der Waals surface area contributed by atoms with Crippen LogP contribution in [0.15, 0.2) is 42.7 Å². The Morgan fingerprint density at radius 3 is 2.32 bits per heavy atom. The average Bonchev–Trinajstić information content (AvgIpc) is 2.66. The van der Waals surface area contributed by atoms with Crippen LogP contribution in [0.1, 0.15) is 37.9 Å². The Hall–Kier alpha value is -2.02. The van der Waals surface area contributed by atoms with Gasteiger partial charge in [-0.2, -0.15) is 0 Å². The highest BCUT2D eigenvalue weighted by Gasteiger charge is 2.20. The first-order valence-corrected chi connectivity index (χ1v) is 8.68. The molecule has 1 heterocycles. The van der Waals surface area contributed by atoms with E-state index in [9.17, 15) is 4.79 Å². The number of hydrogen-bond donors (Lipinski definition) is 2. The maximum Gasteiger partial charge on any atom is 0.224 e. The third-order valence-electron chi connectivity index (χ3n) is 4.39. The molecule has 1 amide bonds. The Balaban J connectivity index is 0.00000364. The van der Waals surface area contributed by atoms with Crippen LogP contribution in [0.4, 0.5) is 0 Å². The standard InChI is InChI=1S/C20H27N3O3.2ClH/c1-13(14(2)21)20(24)23-15(3)17-5-6-18(19(11-17)25-4)26-12-16-7-9-22-10-8-16;;/h5-11,13-15H,12,21H2,1-4H3,(H,23,24);2*1H. The Labute approximate surface area is 179 Å². The number of benzene rings is 1. The lowest BCUT2D eigenvalue weighted by atomic mass is 10.0. The second-order valence-corrected chi connectivity index (χ2v) is 6.43. The number of carbonyl (C=O) groups excluding carboxylic acids is 1. The molecule has 2 rings (SSSR count). The quantitative estimate of drug-likeness (QED) is 0.668. The van der Waals surface area contributed by atoms with Gasteiger partial charge in [0, 0.05) is 24.4 Å². The Bertz CT molecular complexity index is 730. The average molecular weight is 430 g/mol. The third kappa shape index (κ3) is 7.19. The van der Waals surface area contributed by atoms with Gasteiger partial charge in [-0.1, -0.05) is 13.0 Å². The molecule has 0 saturated heterocycles. The predicted molar refractivity (Wildman–Crippen MR) is 115 cm³/mol. The minimum absolute atomic E-state index is 0. The molecule has 0 spiro atoms. The lowest BCUT2D eigenvalue weighted by Crippen LogP contribution is -2.39. The van der Waals surface area contributed by atoms with Crippen molar-refractivity contribution in [3.05, 3.63) is 53.9 Å². The van der Waals surface area contributed by atoms with E-state index in [1.807, 2.05) is 51.1 Å². The molecular formula is C20H29Cl2N3O3. The Morgan fingerprint density at radius 1 is 1.11 bits per heavy atom. The van der Waals surface area contributed by atoms with Crippen molar-refractivity contribution in [3.63, 3.8) is 0 Å². The van der Waals surface area contributed by atoms with E-state index in [2.05, 4.69) is 10.3 Å². The SMILES string of the molecule is COc1cc(C(C)NC(=O)C(C)C(C)N)ccc1OCc1ccncc1.Cl.Cl. The number of carbonyl (C=O) groups is 1. The zero-order chi connectivity index (χ0) is 19.1. The summed E-state index contributed by atoms with van der Waals surface area (Å²) >= 11 is 0. The van der Waals surface area contributed by atoms with Gasteiger partial charge in [-0.05, 0) is 49.2 Å². The van der Waals surface area contributed by atoms with Gasteiger partial charge in [-0.3, -0.25) is 9.78 Å². The highest BCUT2D eigenvalue weighted by molar-refractivity contribution is 5.85. The summed E-state index contributed by atoms with van der Waals surface area (Å²) in [6.45, 7) is 6.00. The number of halogens is 2. The predicted octanol–water partition coefficient (Wildman–Crippen LogP) is 3.67. The summed E-state index contributed by atoms with van der Waals surface area (Å²) in [5.41, 5.74) is 7.76. The lowest BCUT2D eigenvalue weighted by Gasteiger charge is -2.21. The van der Waals surface area contributed by atoms with Crippen molar-refractivity contribution in [2.24, 2.45) is 11.7 Å². The summed E-state index contributed by atoms with van der Waals surface area (Å²) in [5.74, 6) is 0.959. The molecule has 1 aromatic carbocycles. The van der Waals surface area contributed by atoms with Gasteiger partial charge in [0.2, 0.25) is 5.91 Å². The maximum absolute atomic E-state index is 12.2. The molecule has 3 atom stereocenters. The van der Waals surface area contributed by atoms with Crippen molar-refractivity contribution in [2.75, 3.05) is 7.11 Å². The molecule has 0 aliphatic rings. The largest absolute Gasteiger partial charge is 0.493 e. The van der Waals surface area contributed by atoms with Crippen LogP contribution in [0.3, 0.4) is 0 Å². The Morgan fingerprint density at radius 2 is 1.75 bits per heavy atom. The molecule has 28 heavy (non-hydrogen) atoms. The number of methoxy groups -OCH3 is 1. The summed E-state index contributed by atoms with van der Waals surface area (Å²) in [7, 11) is 1.60. The van der Waals surface area contributed by atoms with Crippen LogP contribution in [0.2, 0.25) is 0 Å². The maximum atomic E-state index is 12.2. The molecule has 8 heteroatoms. The van der Waals surface area contributed by atoms with Crippen molar-refractivity contribution >= 4 is 30.7 Å². The van der Waals surface area contributed by atoms with E-state index < -0.39 is 0 Å². The zero-order valence-corrected chi connectivity index (χ0v) is 18.2. The molecule has 0 bridgehead atoms. The number of ether oxygens (including phenoxy) is 2. The lowest BCUT2D eigenvalue weighted by molar-refractivity contribution is -0.125. The minimum atomic E-state index is -0.248. The molecule has 0 fully saturated rings. The minimum Gasteiger partial charge on any atom is -0.493 e. The van der Waals surface area contributed by atoms with Gasteiger partial charge < -0.3 is 20.5 Å². The van der Waals surface area contributed by atoms with Gasteiger partial charge in [-0.15, -0.1) is 24.8 Å². The van der Waals surface area contributed by atoms with Crippen LogP contribution in [-0.4, -0.2) is 24.0 Å². The van der Waals surface area contributed by atoms with Gasteiger partial charge >= 0.3 is 0 Å². The molecule has 1 aromatic heterocycles. The first-order valence-electron chi connectivity index (χ1n) is 8.68. The molecule has 3 unspecified atom stereocenters. The number of pyridine rings is 1. The van der Waals surface area contributed by atoms with E-state index in [1.54, 1.807) is 19.5 Å². The van der Waals surface area contributed by atoms with Crippen LogP contribution in [0, 0.1) is 5.92 Å². The number of rotatable bonds is 8. The number of amides is 1. The number of nitrogens with zero attached hydrogens (tertiary/aromatic N) is 1. The molecule has 0 radical (unpaired) electrons.